The summed E-state index contributed by atoms with van der Waals surface area (Å²) < 4.78 is 0. The fourth-order valence-corrected chi connectivity index (χ4v) is 1.55. The van der Waals surface area contributed by atoms with Crippen LogP contribution in [0.25, 0.3) is 16.6 Å². The van der Waals surface area contributed by atoms with Gasteiger partial charge in [-0.15, -0.1) is 0 Å². The molecule has 82 valence electrons. The minimum Gasteiger partial charge on any atom is -0.383 e. The number of aromatic nitrogens is 1. The lowest BCUT2D eigenvalue weighted by Gasteiger charge is -2.08. The molecule has 0 atom stereocenters. The van der Waals surface area contributed by atoms with Crippen LogP contribution in [0.4, 0.5) is 0 Å². The minimum absolute atomic E-state index is 0.590. The van der Waals surface area contributed by atoms with Crippen molar-refractivity contribution in [1.29, 1.82) is 0 Å². The molecule has 2 aromatic rings. The minimum atomic E-state index is 0.590. The molecule has 0 fully saturated rings. The molecule has 0 amide bonds. The largest absolute Gasteiger partial charge is 0.383 e. The number of nitrogens with one attached hydrogen (secondary N) is 1. The molecule has 0 aliphatic heterocycles. The Balaban J connectivity index is 2.28. The van der Waals surface area contributed by atoms with Crippen LogP contribution in [0.5, 0.6) is 0 Å². The Hall–Kier alpha value is -1.87. The van der Waals surface area contributed by atoms with Crippen LogP contribution < -0.4 is 11.1 Å². The molecule has 0 bridgehead atoms. The molecule has 0 aliphatic rings. The summed E-state index contributed by atoms with van der Waals surface area (Å²) in [5, 5.41) is 4.27. The molecule has 0 spiro atoms. The zero-order chi connectivity index (χ0) is 11.4. The summed E-state index contributed by atoms with van der Waals surface area (Å²) in [6, 6.07) is 12.0. The zero-order valence-corrected chi connectivity index (χ0v) is 9.11. The monoisotopic (exact) mass is 213 g/mol. The van der Waals surface area contributed by atoms with E-state index in [4.69, 9.17) is 5.73 Å². The molecule has 1 heterocycles. The van der Waals surface area contributed by atoms with Crippen molar-refractivity contribution in [2.75, 3.05) is 13.1 Å². The highest BCUT2D eigenvalue weighted by Crippen LogP contribution is 2.14. The normalized spacial score (nSPS) is 10.3. The fraction of sp³-hybridized carbons (Fsp3) is 0.154. The number of hydrogen-bond donors (Lipinski definition) is 2. The smallest absolute Gasteiger partial charge is 0.0862 e. The van der Waals surface area contributed by atoms with Gasteiger partial charge in [0.2, 0.25) is 0 Å². The van der Waals surface area contributed by atoms with Gasteiger partial charge in [0.1, 0.15) is 0 Å². The molecule has 0 saturated heterocycles. The van der Waals surface area contributed by atoms with E-state index < -0.39 is 0 Å². The van der Waals surface area contributed by atoms with Gasteiger partial charge in [-0.05, 0) is 12.1 Å². The molecule has 0 saturated carbocycles. The van der Waals surface area contributed by atoms with Crippen LogP contribution in [-0.4, -0.2) is 18.1 Å². The third kappa shape index (κ3) is 2.20. The number of fused-ring (bicyclic) bond motifs is 1. The van der Waals surface area contributed by atoms with Gasteiger partial charge in [-0.2, -0.15) is 0 Å². The van der Waals surface area contributed by atoms with E-state index in [2.05, 4.69) is 16.9 Å². The van der Waals surface area contributed by atoms with Crippen LogP contribution in [0, 0.1) is 0 Å². The Bertz CT molecular complexity index is 505. The predicted molar refractivity (Wildman–Crippen MR) is 67.8 cm³/mol. The van der Waals surface area contributed by atoms with E-state index in [0.29, 0.717) is 13.1 Å². The molecule has 3 nitrogen and oxygen atoms in total. The number of hydrogen-bond acceptors (Lipinski definition) is 3. The molecule has 3 heteroatoms. The lowest BCUT2D eigenvalue weighted by atomic mass is 10.2. The second kappa shape index (κ2) is 4.77. The number of benzene rings is 1. The van der Waals surface area contributed by atoms with Crippen LogP contribution in [-0.2, 0) is 0 Å². The van der Waals surface area contributed by atoms with E-state index in [-0.39, 0.29) is 0 Å². The predicted octanol–water partition coefficient (Wildman–Crippen LogP) is 1.75. The molecule has 1 aromatic heterocycles. The van der Waals surface area contributed by atoms with Gasteiger partial charge in [-0.3, -0.25) is 0 Å². The zero-order valence-electron chi connectivity index (χ0n) is 9.11. The maximum atomic E-state index is 5.42. The van der Waals surface area contributed by atoms with Crippen molar-refractivity contribution >= 4 is 16.6 Å². The molecular formula is C13H15N3. The van der Waals surface area contributed by atoms with Gasteiger partial charge in [0.15, 0.2) is 0 Å². The maximum Gasteiger partial charge on any atom is 0.0862 e. The van der Waals surface area contributed by atoms with Crippen molar-refractivity contribution in [3.63, 3.8) is 0 Å². The van der Waals surface area contributed by atoms with Crippen molar-refractivity contribution in [1.82, 2.24) is 10.3 Å². The van der Waals surface area contributed by atoms with Crippen molar-refractivity contribution in [3.8, 4) is 0 Å². The van der Waals surface area contributed by atoms with Gasteiger partial charge in [0.05, 0.1) is 16.9 Å². The lowest BCUT2D eigenvalue weighted by Crippen LogP contribution is -2.21. The summed E-state index contributed by atoms with van der Waals surface area (Å²) in [5.41, 5.74) is 8.09. The van der Waals surface area contributed by atoms with Gasteiger partial charge in [-0.25, -0.2) is 4.98 Å². The van der Waals surface area contributed by atoms with Crippen LogP contribution in [0.3, 0.4) is 0 Å². The van der Waals surface area contributed by atoms with E-state index in [1.165, 1.54) is 0 Å². The third-order valence-corrected chi connectivity index (χ3v) is 2.39. The molecule has 3 N–H and O–H groups in total. The summed E-state index contributed by atoms with van der Waals surface area (Å²) in [6.07, 6.45) is 0. The Morgan fingerprint density at radius 3 is 2.88 bits per heavy atom. The van der Waals surface area contributed by atoms with Crippen molar-refractivity contribution in [2.45, 2.75) is 0 Å². The number of nitrogens with zero attached hydrogens (tertiary/aromatic N) is 1. The van der Waals surface area contributed by atoms with Crippen LogP contribution >= 0.6 is 0 Å². The van der Waals surface area contributed by atoms with Crippen LogP contribution in [0.1, 0.15) is 5.69 Å². The fourth-order valence-electron chi connectivity index (χ4n) is 1.55. The van der Waals surface area contributed by atoms with E-state index in [1.54, 1.807) is 0 Å². The lowest BCUT2D eigenvalue weighted by molar-refractivity contribution is 0.855. The second-order valence-electron chi connectivity index (χ2n) is 3.58. The van der Waals surface area contributed by atoms with Gasteiger partial charge in [0.25, 0.3) is 0 Å². The van der Waals surface area contributed by atoms with Crippen molar-refractivity contribution < 1.29 is 0 Å². The first-order valence-electron chi connectivity index (χ1n) is 5.30. The van der Waals surface area contributed by atoms with Gasteiger partial charge < -0.3 is 11.1 Å². The highest BCUT2D eigenvalue weighted by molar-refractivity contribution is 5.80. The molecule has 1 aromatic carbocycles. The van der Waals surface area contributed by atoms with Crippen LogP contribution in [0.2, 0.25) is 0 Å². The van der Waals surface area contributed by atoms with Gasteiger partial charge in [-0.1, -0.05) is 30.8 Å². The Labute approximate surface area is 95.0 Å². The summed E-state index contributed by atoms with van der Waals surface area (Å²) in [4.78, 5) is 4.53. The van der Waals surface area contributed by atoms with E-state index in [0.717, 1.165) is 22.3 Å². The average molecular weight is 213 g/mol. The number of rotatable bonds is 4. The molecular weight excluding hydrogens is 198 g/mol. The molecule has 2 rings (SSSR count). The third-order valence-electron chi connectivity index (χ3n) is 2.39. The highest BCUT2D eigenvalue weighted by atomic mass is 14.9. The maximum absolute atomic E-state index is 5.42. The van der Waals surface area contributed by atoms with Crippen molar-refractivity contribution in [3.05, 3.63) is 48.7 Å². The summed E-state index contributed by atoms with van der Waals surface area (Å²) in [5.74, 6) is 0. The molecule has 0 aliphatic carbocycles. The van der Waals surface area contributed by atoms with E-state index in [1.807, 2.05) is 36.4 Å². The first-order valence-corrected chi connectivity index (χ1v) is 5.30. The summed E-state index contributed by atoms with van der Waals surface area (Å²) >= 11 is 0. The first kappa shape index (κ1) is 10.6. The highest BCUT2D eigenvalue weighted by Gasteiger charge is 2.00. The molecule has 0 unspecified atom stereocenters. The van der Waals surface area contributed by atoms with E-state index in [9.17, 15) is 0 Å². The Morgan fingerprint density at radius 1 is 1.25 bits per heavy atom. The Morgan fingerprint density at radius 2 is 2.06 bits per heavy atom. The van der Waals surface area contributed by atoms with Gasteiger partial charge >= 0.3 is 0 Å². The number of nitrogens with two attached hydrogens (primary N) is 1. The number of pyridine rings is 1. The van der Waals surface area contributed by atoms with Crippen molar-refractivity contribution in [2.24, 2.45) is 5.73 Å². The summed E-state index contributed by atoms with van der Waals surface area (Å²) in [7, 11) is 0. The van der Waals surface area contributed by atoms with Crippen LogP contribution in [0.15, 0.2) is 43.0 Å². The topological polar surface area (TPSA) is 50.9 Å². The van der Waals surface area contributed by atoms with E-state index >= 15 is 0 Å². The number of para-hydroxylation sites is 1. The SMILES string of the molecule is C=C(NCCN)c1ccc2ccccc2n1. The Kier molecular flexibility index (Phi) is 3.17. The first-order chi connectivity index (χ1) is 7.81. The molecule has 0 radical (unpaired) electrons. The second-order valence-corrected chi connectivity index (χ2v) is 3.58. The molecule has 16 heavy (non-hydrogen) atoms. The van der Waals surface area contributed by atoms with Gasteiger partial charge in [0, 0.05) is 18.5 Å². The average Bonchev–Trinajstić information content (AvgIpc) is 2.35. The quantitative estimate of drug-likeness (QED) is 0.813. The summed E-state index contributed by atoms with van der Waals surface area (Å²) in [6.45, 7) is 5.25. The standard InChI is InChI=1S/C13H15N3/c1-10(15-9-8-14)12-7-6-11-4-2-3-5-13(11)16-12/h2-7,15H,1,8-9,14H2.